The largest absolute Gasteiger partial charge is 0.384 e. The molecule has 1 aliphatic rings. The standard InChI is InChI=1S/C15H20N6O3S2/c1-7(2)5-21-11(16)10(12(23)18-14(21)24)9(22)6-25-15-20-19-13(26-15)17-8-3-4-8/h7-8H,3-6,16H2,1-2H3,(H,17,19)(H,18,23,24). The van der Waals surface area contributed by atoms with Crippen LogP contribution >= 0.6 is 23.1 Å². The normalized spacial score (nSPS) is 14.0. The van der Waals surface area contributed by atoms with Crippen molar-refractivity contribution in [2.75, 3.05) is 16.8 Å². The van der Waals surface area contributed by atoms with E-state index < -0.39 is 17.0 Å². The van der Waals surface area contributed by atoms with Gasteiger partial charge < -0.3 is 11.1 Å². The van der Waals surface area contributed by atoms with E-state index in [-0.39, 0.29) is 23.1 Å². The average Bonchev–Trinajstić information content (AvgIpc) is 3.25. The van der Waals surface area contributed by atoms with Crippen LogP contribution in [0, 0.1) is 5.92 Å². The molecule has 2 heterocycles. The fraction of sp³-hybridized carbons (Fsp3) is 0.533. The van der Waals surface area contributed by atoms with Gasteiger partial charge >= 0.3 is 5.69 Å². The van der Waals surface area contributed by atoms with Gasteiger partial charge in [-0.25, -0.2) is 4.79 Å². The first kappa shape index (κ1) is 18.6. The van der Waals surface area contributed by atoms with Crippen molar-refractivity contribution in [1.82, 2.24) is 19.7 Å². The lowest BCUT2D eigenvalue weighted by Gasteiger charge is -2.13. The maximum Gasteiger partial charge on any atom is 0.329 e. The molecule has 0 bridgehead atoms. The number of thioether (sulfide) groups is 1. The number of aromatic amines is 1. The third-order valence-corrected chi connectivity index (χ3v) is 5.69. The van der Waals surface area contributed by atoms with Crippen molar-refractivity contribution < 1.29 is 4.79 Å². The molecule has 0 spiro atoms. The third kappa shape index (κ3) is 4.33. The van der Waals surface area contributed by atoms with Crippen LogP contribution in [0.3, 0.4) is 0 Å². The Morgan fingerprint density at radius 2 is 2.15 bits per heavy atom. The van der Waals surface area contributed by atoms with Gasteiger partial charge in [0.25, 0.3) is 5.56 Å². The zero-order valence-corrected chi connectivity index (χ0v) is 16.1. The van der Waals surface area contributed by atoms with Crippen LogP contribution in [0.2, 0.25) is 0 Å². The number of H-pyrrole nitrogens is 1. The number of hydrogen-bond donors (Lipinski definition) is 3. The summed E-state index contributed by atoms with van der Waals surface area (Å²) in [5, 5.41) is 12.0. The first-order valence-electron chi connectivity index (χ1n) is 8.23. The minimum absolute atomic E-state index is 0.00871. The maximum atomic E-state index is 12.5. The second kappa shape index (κ2) is 7.62. The number of rotatable bonds is 8. The maximum absolute atomic E-state index is 12.5. The fourth-order valence-corrected chi connectivity index (χ4v) is 4.03. The number of nitrogen functional groups attached to an aromatic ring is 1. The highest BCUT2D eigenvalue weighted by atomic mass is 32.2. The molecule has 2 aromatic heterocycles. The average molecular weight is 396 g/mol. The number of carbonyl (C=O) groups is 1. The molecule has 2 aromatic rings. The lowest BCUT2D eigenvalue weighted by atomic mass is 10.2. The molecule has 0 radical (unpaired) electrons. The van der Waals surface area contributed by atoms with Crippen LogP contribution in [-0.2, 0) is 6.54 Å². The van der Waals surface area contributed by atoms with Crippen molar-refractivity contribution in [3.05, 3.63) is 26.4 Å². The predicted octanol–water partition coefficient (Wildman–Crippen LogP) is 1.18. The van der Waals surface area contributed by atoms with Crippen molar-refractivity contribution in [1.29, 1.82) is 0 Å². The third-order valence-electron chi connectivity index (χ3n) is 3.70. The molecule has 0 atom stereocenters. The first-order valence-corrected chi connectivity index (χ1v) is 10.0. The molecule has 0 aliphatic heterocycles. The van der Waals surface area contributed by atoms with Crippen molar-refractivity contribution in [3.8, 4) is 0 Å². The molecule has 26 heavy (non-hydrogen) atoms. The van der Waals surface area contributed by atoms with Gasteiger partial charge in [-0.15, -0.1) is 10.2 Å². The van der Waals surface area contributed by atoms with Crippen molar-refractivity contribution in [2.24, 2.45) is 5.92 Å². The Labute approximate surface area is 157 Å². The van der Waals surface area contributed by atoms with Crippen LogP contribution in [0.5, 0.6) is 0 Å². The molecule has 1 aliphatic carbocycles. The molecular formula is C15H20N6O3S2. The van der Waals surface area contributed by atoms with E-state index in [1.807, 2.05) is 13.8 Å². The van der Waals surface area contributed by atoms with E-state index in [0.717, 1.165) is 18.0 Å². The molecule has 9 nitrogen and oxygen atoms in total. The van der Waals surface area contributed by atoms with Crippen molar-refractivity contribution in [3.63, 3.8) is 0 Å². The number of nitrogens with zero attached hydrogens (tertiary/aromatic N) is 3. The van der Waals surface area contributed by atoms with Gasteiger partial charge in [0.05, 0.1) is 5.75 Å². The summed E-state index contributed by atoms with van der Waals surface area (Å²) >= 11 is 2.56. The lowest BCUT2D eigenvalue weighted by Crippen LogP contribution is -2.37. The number of aromatic nitrogens is 4. The SMILES string of the molecule is CC(C)Cn1c(N)c(C(=O)CSc2nnc(NC3CC3)s2)c(=O)[nH]c1=O. The van der Waals surface area contributed by atoms with Crippen LogP contribution in [-0.4, -0.2) is 37.3 Å². The van der Waals surface area contributed by atoms with Crippen LogP contribution in [0.4, 0.5) is 10.9 Å². The van der Waals surface area contributed by atoms with Crippen molar-refractivity contribution in [2.45, 2.75) is 43.6 Å². The van der Waals surface area contributed by atoms with E-state index in [0.29, 0.717) is 16.9 Å². The van der Waals surface area contributed by atoms with Gasteiger partial charge in [-0.2, -0.15) is 0 Å². The van der Waals surface area contributed by atoms with Crippen LogP contribution in [0.15, 0.2) is 13.9 Å². The number of carbonyl (C=O) groups excluding carboxylic acids is 1. The molecule has 1 saturated carbocycles. The molecule has 0 amide bonds. The van der Waals surface area contributed by atoms with E-state index >= 15 is 0 Å². The summed E-state index contributed by atoms with van der Waals surface area (Å²) in [5.41, 5.74) is 4.40. The van der Waals surface area contributed by atoms with Gasteiger partial charge in [-0.05, 0) is 18.8 Å². The minimum atomic E-state index is -0.758. The number of anilines is 2. The Bertz CT molecular complexity index is 928. The summed E-state index contributed by atoms with van der Waals surface area (Å²) in [5.74, 6) is -0.410. The quantitative estimate of drug-likeness (QED) is 0.447. The van der Waals surface area contributed by atoms with Gasteiger partial charge in [-0.3, -0.25) is 19.1 Å². The fourth-order valence-electron chi connectivity index (χ4n) is 2.33. The Morgan fingerprint density at radius 1 is 1.42 bits per heavy atom. The van der Waals surface area contributed by atoms with Gasteiger partial charge in [-0.1, -0.05) is 36.9 Å². The molecule has 3 rings (SSSR count). The Hall–Kier alpha value is -2.14. The summed E-state index contributed by atoms with van der Waals surface area (Å²) in [6.07, 6.45) is 2.27. The molecular weight excluding hydrogens is 376 g/mol. The second-order valence-corrected chi connectivity index (χ2v) is 8.73. The van der Waals surface area contributed by atoms with Gasteiger partial charge in [0.2, 0.25) is 5.13 Å². The van der Waals surface area contributed by atoms with E-state index in [9.17, 15) is 14.4 Å². The van der Waals surface area contributed by atoms with Crippen LogP contribution in [0.25, 0.3) is 0 Å². The minimum Gasteiger partial charge on any atom is -0.384 e. The Balaban J connectivity index is 1.73. The molecule has 0 aromatic carbocycles. The number of Topliss-reactive ketones (excluding diaryl/α,β-unsaturated/α-hetero) is 1. The smallest absolute Gasteiger partial charge is 0.329 e. The summed E-state index contributed by atoms with van der Waals surface area (Å²) < 4.78 is 1.86. The summed E-state index contributed by atoms with van der Waals surface area (Å²) in [4.78, 5) is 38.7. The highest BCUT2D eigenvalue weighted by Crippen LogP contribution is 2.30. The van der Waals surface area contributed by atoms with Crippen LogP contribution < -0.4 is 22.3 Å². The summed E-state index contributed by atoms with van der Waals surface area (Å²) in [6, 6.07) is 0.475. The van der Waals surface area contributed by atoms with E-state index in [1.165, 1.54) is 27.7 Å². The topological polar surface area (TPSA) is 136 Å². The number of ketones is 1. The van der Waals surface area contributed by atoms with E-state index in [4.69, 9.17) is 5.73 Å². The summed E-state index contributed by atoms with van der Waals surface area (Å²) in [7, 11) is 0. The van der Waals surface area contributed by atoms with Crippen molar-refractivity contribution >= 4 is 39.8 Å². The Morgan fingerprint density at radius 3 is 2.81 bits per heavy atom. The monoisotopic (exact) mass is 396 g/mol. The van der Waals surface area contributed by atoms with E-state index in [2.05, 4.69) is 20.5 Å². The molecule has 1 fully saturated rings. The lowest BCUT2D eigenvalue weighted by molar-refractivity contribution is 0.102. The number of nitrogens with two attached hydrogens (primary N) is 1. The molecule has 11 heteroatoms. The molecule has 4 N–H and O–H groups in total. The first-order chi connectivity index (χ1) is 12.3. The van der Waals surface area contributed by atoms with Gasteiger partial charge in [0.15, 0.2) is 10.1 Å². The van der Waals surface area contributed by atoms with E-state index in [1.54, 1.807) is 0 Å². The molecule has 140 valence electrons. The molecule has 0 saturated heterocycles. The summed E-state index contributed by atoms with van der Waals surface area (Å²) in [6.45, 7) is 4.15. The number of hydrogen-bond acceptors (Lipinski definition) is 9. The Kier molecular flexibility index (Phi) is 5.47. The highest BCUT2D eigenvalue weighted by Gasteiger charge is 2.23. The van der Waals surface area contributed by atoms with Gasteiger partial charge in [0.1, 0.15) is 11.4 Å². The zero-order valence-electron chi connectivity index (χ0n) is 14.4. The second-order valence-electron chi connectivity index (χ2n) is 6.53. The molecule has 0 unspecified atom stereocenters. The van der Waals surface area contributed by atoms with Gasteiger partial charge in [0, 0.05) is 12.6 Å². The zero-order chi connectivity index (χ0) is 18.8. The number of nitrogens with one attached hydrogen (secondary N) is 2. The van der Waals surface area contributed by atoms with Crippen LogP contribution in [0.1, 0.15) is 37.0 Å². The predicted molar refractivity (Wildman–Crippen MR) is 102 cm³/mol. The highest BCUT2D eigenvalue weighted by molar-refractivity contribution is 8.01.